The molecule has 5 heteroatoms. The molecule has 1 amide bonds. The molecule has 26 heavy (non-hydrogen) atoms. The van der Waals surface area contributed by atoms with E-state index >= 15 is 0 Å². The first kappa shape index (κ1) is 17.5. The predicted molar refractivity (Wildman–Crippen MR) is 104 cm³/mol. The Hall–Kier alpha value is -3.34. The summed E-state index contributed by atoms with van der Waals surface area (Å²) in [4.78, 5) is 16.6. The van der Waals surface area contributed by atoms with Crippen molar-refractivity contribution in [1.29, 1.82) is 0 Å². The van der Waals surface area contributed by atoms with Crippen molar-refractivity contribution < 1.29 is 9.53 Å². The van der Waals surface area contributed by atoms with Crippen molar-refractivity contribution in [3.8, 4) is 5.75 Å². The Labute approximate surface area is 153 Å². The number of nitrogens with one attached hydrogen (secondary N) is 2. The van der Waals surface area contributed by atoms with Crippen LogP contribution in [0.3, 0.4) is 0 Å². The number of pyridine rings is 1. The molecular weight excluding hydrogens is 326 g/mol. The summed E-state index contributed by atoms with van der Waals surface area (Å²) in [7, 11) is 1.63. The Bertz CT molecular complexity index is 875. The van der Waals surface area contributed by atoms with Gasteiger partial charge in [0.1, 0.15) is 11.4 Å². The number of carbonyl (C=O) groups excluding carboxylic acids is 1. The highest BCUT2D eigenvalue weighted by atomic mass is 16.5. The number of anilines is 3. The van der Waals surface area contributed by atoms with Crippen molar-refractivity contribution >= 4 is 23.0 Å². The lowest BCUT2D eigenvalue weighted by atomic mass is 10.1. The molecule has 0 bridgehead atoms. The second kappa shape index (κ2) is 8.16. The smallest absolute Gasteiger partial charge is 0.274 e. The van der Waals surface area contributed by atoms with Crippen LogP contribution < -0.4 is 15.4 Å². The zero-order chi connectivity index (χ0) is 18.4. The third-order valence-corrected chi connectivity index (χ3v) is 3.97. The summed E-state index contributed by atoms with van der Waals surface area (Å²) in [5.74, 6) is 0.537. The van der Waals surface area contributed by atoms with Gasteiger partial charge in [-0.25, -0.2) is 4.98 Å². The van der Waals surface area contributed by atoms with E-state index < -0.39 is 0 Å². The zero-order valence-corrected chi connectivity index (χ0v) is 14.8. The van der Waals surface area contributed by atoms with Crippen LogP contribution in [0.1, 0.15) is 23.0 Å². The number of benzene rings is 2. The topological polar surface area (TPSA) is 63.2 Å². The zero-order valence-electron chi connectivity index (χ0n) is 14.8. The number of methoxy groups -OCH3 is 1. The number of aromatic nitrogens is 1. The summed E-state index contributed by atoms with van der Waals surface area (Å²) >= 11 is 0. The fourth-order valence-corrected chi connectivity index (χ4v) is 2.49. The van der Waals surface area contributed by atoms with Gasteiger partial charge in [0.25, 0.3) is 5.91 Å². The Balaban J connectivity index is 1.65. The number of nitrogens with zero attached hydrogens (tertiary/aromatic N) is 1. The fraction of sp³-hybridized carbons (Fsp3) is 0.143. The van der Waals surface area contributed by atoms with E-state index in [0.717, 1.165) is 29.2 Å². The van der Waals surface area contributed by atoms with Gasteiger partial charge in [0, 0.05) is 17.4 Å². The maximum absolute atomic E-state index is 12.3. The monoisotopic (exact) mass is 347 g/mol. The summed E-state index contributed by atoms with van der Waals surface area (Å²) in [5.41, 5.74) is 4.03. The molecule has 1 heterocycles. The van der Waals surface area contributed by atoms with E-state index in [9.17, 15) is 4.79 Å². The van der Waals surface area contributed by atoms with Gasteiger partial charge < -0.3 is 15.4 Å². The van der Waals surface area contributed by atoms with Gasteiger partial charge in [0.15, 0.2) is 0 Å². The summed E-state index contributed by atoms with van der Waals surface area (Å²) in [6.07, 6.45) is 2.60. The number of ether oxygens (including phenoxy) is 1. The summed E-state index contributed by atoms with van der Waals surface area (Å²) in [6, 6.07) is 18.9. The standard InChI is InChI=1S/C21H21N3O2/c1-3-15-7-9-16(10-8-15)24-21(25)20-12-11-18(14-22-20)23-17-5-4-6-19(13-17)26-2/h4-14,23H,3H2,1-2H3,(H,24,25). The lowest BCUT2D eigenvalue weighted by molar-refractivity contribution is 0.102. The minimum atomic E-state index is -0.234. The van der Waals surface area contributed by atoms with E-state index in [2.05, 4.69) is 22.5 Å². The van der Waals surface area contributed by atoms with Crippen molar-refractivity contribution in [1.82, 2.24) is 4.98 Å². The van der Waals surface area contributed by atoms with Gasteiger partial charge in [-0.1, -0.05) is 25.1 Å². The number of rotatable bonds is 6. The summed E-state index contributed by atoms with van der Waals surface area (Å²) in [6.45, 7) is 2.10. The molecule has 5 nitrogen and oxygen atoms in total. The first-order chi connectivity index (χ1) is 12.7. The lowest BCUT2D eigenvalue weighted by Gasteiger charge is -2.09. The second-order valence-corrected chi connectivity index (χ2v) is 5.79. The molecule has 2 aromatic carbocycles. The second-order valence-electron chi connectivity index (χ2n) is 5.79. The van der Waals surface area contributed by atoms with Crippen LogP contribution in [0.5, 0.6) is 5.75 Å². The maximum atomic E-state index is 12.3. The Morgan fingerprint density at radius 1 is 1.00 bits per heavy atom. The molecule has 0 atom stereocenters. The number of carbonyl (C=O) groups is 1. The van der Waals surface area contributed by atoms with Crippen molar-refractivity contribution in [2.75, 3.05) is 17.7 Å². The molecule has 0 unspecified atom stereocenters. The average molecular weight is 347 g/mol. The molecule has 0 aliphatic heterocycles. The quantitative estimate of drug-likeness (QED) is 0.681. The molecule has 0 aliphatic carbocycles. The minimum Gasteiger partial charge on any atom is -0.497 e. The molecule has 0 saturated heterocycles. The molecule has 132 valence electrons. The number of hydrogen-bond donors (Lipinski definition) is 2. The Kier molecular flexibility index (Phi) is 5.49. The van der Waals surface area contributed by atoms with Gasteiger partial charge in [-0.2, -0.15) is 0 Å². The van der Waals surface area contributed by atoms with Gasteiger partial charge in [0.05, 0.1) is 19.0 Å². The van der Waals surface area contributed by atoms with E-state index in [-0.39, 0.29) is 5.91 Å². The van der Waals surface area contributed by atoms with Gasteiger partial charge in [-0.3, -0.25) is 4.79 Å². The molecule has 1 aromatic heterocycles. The van der Waals surface area contributed by atoms with Crippen LogP contribution in [0.15, 0.2) is 66.9 Å². The highest BCUT2D eigenvalue weighted by Gasteiger charge is 2.08. The average Bonchev–Trinajstić information content (AvgIpc) is 2.69. The van der Waals surface area contributed by atoms with Crippen molar-refractivity contribution in [3.05, 3.63) is 78.1 Å². The third-order valence-electron chi connectivity index (χ3n) is 3.97. The molecule has 0 radical (unpaired) electrons. The molecule has 0 aliphatic rings. The molecule has 3 aromatic rings. The highest BCUT2D eigenvalue weighted by Crippen LogP contribution is 2.21. The van der Waals surface area contributed by atoms with Crippen molar-refractivity contribution in [2.45, 2.75) is 13.3 Å². The molecule has 2 N–H and O–H groups in total. The summed E-state index contributed by atoms with van der Waals surface area (Å²) in [5, 5.41) is 6.09. The molecule has 0 fully saturated rings. The number of hydrogen-bond acceptors (Lipinski definition) is 4. The van der Waals surface area contributed by atoms with Crippen LogP contribution in [0.25, 0.3) is 0 Å². The molecule has 0 saturated carbocycles. The van der Waals surface area contributed by atoms with Crippen LogP contribution in [0.2, 0.25) is 0 Å². The molecule has 0 spiro atoms. The summed E-state index contributed by atoms with van der Waals surface area (Å²) < 4.78 is 5.21. The van der Waals surface area contributed by atoms with Gasteiger partial charge in [-0.15, -0.1) is 0 Å². The van der Waals surface area contributed by atoms with Crippen LogP contribution in [-0.4, -0.2) is 18.0 Å². The van der Waals surface area contributed by atoms with Crippen LogP contribution in [0.4, 0.5) is 17.1 Å². The van der Waals surface area contributed by atoms with E-state index in [1.807, 2.05) is 54.6 Å². The predicted octanol–water partition coefficient (Wildman–Crippen LogP) is 4.65. The highest BCUT2D eigenvalue weighted by molar-refractivity contribution is 6.02. The molecular formula is C21H21N3O2. The van der Waals surface area contributed by atoms with Crippen LogP contribution in [0, 0.1) is 0 Å². The maximum Gasteiger partial charge on any atom is 0.274 e. The largest absolute Gasteiger partial charge is 0.497 e. The third kappa shape index (κ3) is 4.39. The minimum absolute atomic E-state index is 0.234. The van der Waals surface area contributed by atoms with E-state index in [1.165, 1.54) is 5.56 Å². The Morgan fingerprint density at radius 2 is 1.77 bits per heavy atom. The number of aryl methyl sites for hydroxylation is 1. The van der Waals surface area contributed by atoms with E-state index in [4.69, 9.17) is 4.74 Å². The lowest BCUT2D eigenvalue weighted by Crippen LogP contribution is -2.13. The van der Waals surface area contributed by atoms with Crippen molar-refractivity contribution in [3.63, 3.8) is 0 Å². The van der Waals surface area contributed by atoms with Crippen LogP contribution >= 0.6 is 0 Å². The normalized spacial score (nSPS) is 10.2. The van der Waals surface area contributed by atoms with Gasteiger partial charge in [-0.05, 0) is 48.4 Å². The first-order valence-electron chi connectivity index (χ1n) is 8.45. The van der Waals surface area contributed by atoms with E-state index in [1.54, 1.807) is 19.4 Å². The van der Waals surface area contributed by atoms with Gasteiger partial charge in [0.2, 0.25) is 0 Å². The fourth-order valence-electron chi connectivity index (χ4n) is 2.49. The SMILES string of the molecule is CCc1ccc(NC(=O)c2ccc(Nc3cccc(OC)c3)cn2)cc1. The van der Waals surface area contributed by atoms with Crippen molar-refractivity contribution in [2.24, 2.45) is 0 Å². The first-order valence-corrected chi connectivity index (χ1v) is 8.45. The van der Waals surface area contributed by atoms with Crippen LogP contribution in [-0.2, 0) is 6.42 Å². The Morgan fingerprint density at radius 3 is 2.42 bits per heavy atom. The van der Waals surface area contributed by atoms with Gasteiger partial charge >= 0.3 is 0 Å². The number of amides is 1. The van der Waals surface area contributed by atoms with E-state index in [0.29, 0.717) is 5.69 Å². The molecule has 3 rings (SSSR count).